The summed E-state index contributed by atoms with van der Waals surface area (Å²) in [6, 6.07) is 7.03. The zero-order chi connectivity index (χ0) is 10.1. The molecule has 2 rings (SSSR count). The lowest BCUT2D eigenvalue weighted by molar-refractivity contribution is 0.417. The van der Waals surface area contributed by atoms with Crippen LogP contribution in [0.15, 0.2) is 35.3 Å². The Balaban J connectivity index is 2.99. The van der Waals surface area contributed by atoms with Gasteiger partial charge in [-0.05, 0) is 12.1 Å². The minimum Gasteiger partial charge on any atom is -0.495 e. The zero-order valence-electron chi connectivity index (χ0n) is 8.15. The van der Waals surface area contributed by atoms with Gasteiger partial charge in [-0.1, -0.05) is 6.07 Å². The highest BCUT2D eigenvalue weighted by molar-refractivity contribution is 5.84. The molecule has 1 heterocycles. The molecule has 0 radical (unpaired) electrons. The van der Waals surface area contributed by atoms with Crippen LogP contribution in [0.3, 0.4) is 0 Å². The van der Waals surface area contributed by atoms with Gasteiger partial charge in [-0.15, -0.1) is 0 Å². The molecule has 0 atom stereocenters. The number of nitrogens with zero attached hydrogens (tertiary/aromatic N) is 1. The van der Waals surface area contributed by atoms with Crippen LogP contribution in [0.2, 0.25) is 0 Å². The van der Waals surface area contributed by atoms with Crippen LogP contribution in [0, 0.1) is 0 Å². The van der Waals surface area contributed by atoms with E-state index >= 15 is 0 Å². The van der Waals surface area contributed by atoms with Crippen molar-refractivity contribution >= 4 is 10.9 Å². The molecule has 0 aliphatic heterocycles. The molecule has 0 fully saturated rings. The molecule has 0 bridgehead atoms. The predicted molar refractivity (Wildman–Crippen MR) is 55.7 cm³/mol. The number of methoxy groups -OCH3 is 1. The standard InChI is InChI=1S/C11H11NO2/c1-12-7-6-9(13)8-4-3-5-10(14-2)11(8)12/h3-7H,1-2H3. The maximum atomic E-state index is 11.5. The summed E-state index contributed by atoms with van der Waals surface area (Å²) >= 11 is 0. The molecule has 1 aromatic heterocycles. The van der Waals surface area contributed by atoms with Crippen LogP contribution in [-0.4, -0.2) is 11.7 Å². The highest BCUT2D eigenvalue weighted by Gasteiger charge is 2.05. The van der Waals surface area contributed by atoms with E-state index in [-0.39, 0.29) is 5.43 Å². The first kappa shape index (κ1) is 8.81. The van der Waals surface area contributed by atoms with Crippen molar-refractivity contribution in [3.05, 3.63) is 40.7 Å². The van der Waals surface area contributed by atoms with Gasteiger partial charge in [0.1, 0.15) is 5.75 Å². The smallest absolute Gasteiger partial charge is 0.189 e. The van der Waals surface area contributed by atoms with Crippen LogP contribution >= 0.6 is 0 Å². The summed E-state index contributed by atoms with van der Waals surface area (Å²) in [4.78, 5) is 11.5. The first-order valence-corrected chi connectivity index (χ1v) is 4.36. The number of para-hydroxylation sites is 1. The Kier molecular flexibility index (Phi) is 2.00. The van der Waals surface area contributed by atoms with Gasteiger partial charge >= 0.3 is 0 Å². The maximum Gasteiger partial charge on any atom is 0.189 e. The molecule has 0 aliphatic carbocycles. The highest BCUT2D eigenvalue weighted by Crippen LogP contribution is 2.21. The SMILES string of the molecule is COc1cccc2c(=O)ccn(C)c12. The molecule has 0 saturated heterocycles. The molecule has 0 N–H and O–H groups in total. The average molecular weight is 189 g/mol. The van der Waals surface area contributed by atoms with Gasteiger partial charge < -0.3 is 9.30 Å². The van der Waals surface area contributed by atoms with Crippen molar-refractivity contribution in [2.24, 2.45) is 7.05 Å². The molecule has 3 nitrogen and oxygen atoms in total. The van der Waals surface area contributed by atoms with Crippen molar-refractivity contribution in [1.29, 1.82) is 0 Å². The number of aryl methyl sites for hydroxylation is 1. The van der Waals surface area contributed by atoms with Gasteiger partial charge in [0.05, 0.1) is 12.6 Å². The number of rotatable bonds is 1. The minimum absolute atomic E-state index is 0.0250. The fraction of sp³-hybridized carbons (Fsp3) is 0.182. The number of fused-ring (bicyclic) bond motifs is 1. The fourth-order valence-corrected chi connectivity index (χ4v) is 1.59. The highest BCUT2D eigenvalue weighted by atomic mass is 16.5. The Morgan fingerprint density at radius 3 is 2.79 bits per heavy atom. The van der Waals surface area contributed by atoms with Crippen LogP contribution in [0.5, 0.6) is 5.75 Å². The van der Waals surface area contributed by atoms with Crippen LogP contribution in [0.4, 0.5) is 0 Å². The Hall–Kier alpha value is -1.77. The van der Waals surface area contributed by atoms with E-state index in [1.165, 1.54) is 0 Å². The van der Waals surface area contributed by atoms with E-state index in [0.29, 0.717) is 5.39 Å². The van der Waals surface area contributed by atoms with Crippen molar-refractivity contribution in [3.63, 3.8) is 0 Å². The van der Waals surface area contributed by atoms with Crippen molar-refractivity contribution < 1.29 is 4.74 Å². The third-order valence-electron chi connectivity index (χ3n) is 2.29. The largest absolute Gasteiger partial charge is 0.495 e. The Morgan fingerprint density at radius 2 is 2.07 bits per heavy atom. The van der Waals surface area contributed by atoms with E-state index in [0.717, 1.165) is 11.3 Å². The quantitative estimate of drug-likeness (QED) is 0.681. The van der Waals surface area contributed by atoms with Crippen molar-refractivity contribution in [3.8, 4) is 5.75 Å². The van der Waals surface area contributed by atoms with Gasteiger partial charge in [0.2, 0.25) is 0 Å². The molecule has 3 heteroatoms. The number of ether oxygens (including phenoxy) is 1. The van der Waals surface area contributed by atoms with Crippen LogP contribution in [0.25, 0.3) is 10.9 Å². The monoisotopic (exact) mass is 189 g/mol. The number of pyridine rings is 1. The van der Waals surface area contributed by atoms with Crippen LogP contribution in [0.1, 0.15) is 0 Å². The third kappa shape index (κ3) is 1.18. The maximum absolute atomic E-state index is 11.5. The summed E-state index contributed by atoms with van der Waals surface area (Å²) in [7, 11) is 3.50. The van der Waals surface area contributed by atoms with E-state index in [1.54, 1.807) is 25.4 Å². The number of hydrogen-bond acceptors (Lipinski definition) is 2. The second-order valence-electron chi connectivity index (χ2n) is 3.15. The second kappa shape index (κ2) is 3.18. The lowest BCUT2D eigenvalue weighted by Crippen LogP contribution is -2.05. The molecule has 0 spiro atoms. The molecule has 2 aromatic rings. The molecular weight excluding hydrogens is 178 g/mol. The van der Waals surface area contributed by atoms with Crippen molar-refractivity contribution in [2.75, 3.05) is 7.11 Å². The topological polar surface area (TPSA) is 31.2 Å². The number of hydrogen-bond donors (Lipinski definition) is 0. The molecule has 0 unspecified atom stereocenters. The van der Waals surface area contributed by atoms with Gasteiger partial charge in [0, 0.05) is 24.7 Å². The summed E-state index contributed by atoms with van der Waals surface area (Å²) in [5, 5.41) is 0.689. The summed E-state index contributed by atoms with van der Waals surface area (Å²) in [6.07, 6.45) is 1.74. The van der Waals surface area contributed by atoms with Gasteiger partial charge in [-0.2, -0.15) is 0 Å². The fourth-order valence-electron chi connectivity index (χ4n) is 1.59. The Bertz CT molecular complexity index is 528. The average Bonchev–Trinajstić information content (AvgIpc) is 2.23. The minimum atomic E-state index is 0.0250. The lowest BCUT2D eigenvalue weighted by Gasteiger charge is -2.08. The van der Waals surface area contributed by atoms with Gasteiger partial charge in [-0.3, -0.25) is 4.79 Å². The summed E-state index contributed by atoms with van der Waals surface area (Å²) in [5.74, 6) is 0.725. The van der Waals surface area contributed by atoms with Crippen LogP contribution in [-0.2, 0) is 7.05 Å². The first-order chi connectivity index (χ1) is 6.74. The Morgan fingerprint density at radius 1 is 1.29 bits per heavy atom. The summed E-state index contributed by atoms with van der Waals surface area (Å²) in [5.41, 5.74) is 0.861. The van der Waals surface area contributed by atoms with E-state index in [1.807, 2.05) is 23.7 Å². The van der Waals surface area contributed by atoms with Gasteiger partial charge in [-0.25, -0.2) is 0 Å². The van der Waals surface area contributed by atoms with E-state index < -0.39 is 0 Å². The molecular formula is C11H11NO2. The zero-order valence-corrected chi connectivity index (χ0v) is 8.15. The molecule has 1 aromatic carbocycles. The first-order valence-electron chi connectivity index (χ1n) is 4.36. The summed E-state index contributed by atoms with van der Waals surface area (Å²) < 4.78 is 7.09. The number of aromatic nitrogens is 1. The number of benzene rings is 1. The molecule has 0 aliphatic rings. The van der Waals surface area contributed by atoms with Gasteiger partial charge in [0.25, 0.3) is 0 Å². The third-order valence-corrected chi connectivity index (χ3v) is 2.29. The van der Waals surface area contributed by atoms with E-state index in [9.17, 15) is 4.79 Å². The summed E-state index contributed by atoms with van der Waals surface area (Å²) in [6.45, 7) is 0. The molecule has 0 amide bonds. The normalized spacial score (nSPS) is 10.4. The molecule has 0 saturated carbocycles. The van der Waals surface area contributed by atoms with E-state index in [4.69, 9.17) is 4.74 Å². The van der Waals surface area contributed by atoms with Crippen molar-refractivity contribution in [1.82, 2.24) is 4.57 Å². The van der Waals surface area contributed by atoms with Crippen LogP contribution < -0.4 is 10.2 Å². The second-order valence-corrected chi connectivity index (χ2v) is 3.15. The van der Waals surface area contributed by atoms with E-state index in [2.05, 4.69) is 0 Å². The molecule has 72 valence electrons. The lowest BCUT2D eigenvalue weighted by atomic mass is 10.2. The molecule has 14 heavy (non-hydrogen) atoms. The van der Waals surface area contributed by atoms with Gasteiger partial charge in [0.15, 0.2) is 5.43 Å². The Labute approximate surface area is 81.5 Å². The predicted octanol–water partition coefficient (Wildman–Crippen LogP) is 1.55. The van der Waals surface area contributed by atoms with Crippen molar-refractivity contribution in [2.45, 2.75) is 0 Å².